The van der Waals surface area contributed by atoms with Crippen molar-refractivity contribution in [2.45, 2.75) is 45.2 Å². The number of pyridine rings is 1. The Labute approximate surface area is 121 Å². The lowest BCUT2D eigenvalue weighted by molar-refractivity contribution is 0.289. The van der Waals surface area contributed by atoms with Crippen LogP contribution in [0.15, 0.2) is 42.6 Å². The summed E-state index contributed by atoms with van der Waals surface area (Å²) < 4.78 is 0. The second-order valence-electron chi connectivity index (χ2n) is 5.96. The van der Waals surface area contributed by atoms with E-state index in [1.165, 1.54) is 29.5 Å². The summed E-state index contributed by atoms with van der Waals surface area (Å²) >= 11 is 0. The van der Waals surface area contributed by atoms with Gasteiger partial charge in [0.25, 0.3) is 0 Å². The normalized spacial score (nSPS) is 21.5. The highest BCUT2D eigenvalue weighted by Crippen LogP contribution is 2.36. The number of aromatic nitrogens is 1. The van der Waals surface area contributed by atoms with Gasteiger partial charge in [0.1, 0.15) is 0 Å². The zero-order chi connectivity index (χ0) is 13.9. The smallest absolute Gasteiger partial charge is 0.0372 e. The van der Waals surface area contributed by atoms with E-state index in [1.807, 2.05) is 13.1 Å². The van der Waals surface area contributed by atoms with Crippen molar-refractivity contribution in [3.63, 3.8) is 0 Å². The van der Waals surface area contributed by atoms with Gasteiger partial charge in [-0.15, -0.1) is 0 Å². The molecule has 0 aliphatic heterocycles. The van der Waals surface area contributed by atoms with E-state index in [9.17, 15) is 0 Å². The molecule has 1 aliphatic rings. The molecule has 0 saturated heterocycles. The summed E-state index contributed by atoms with van der Waals surface area (Å²) in [5, 5.41) is 3.63. The fraction of sp³-hybridized carbons (Fsp3) is 0.389. The number of aryl methyl sites for hydroxylation is 2. The van der Waals surface area contributed by atoms with Crippen molar-refractivity contribution in [2.75, 3.05) is 0 Å². The summed E-state index contributed by atoms with van der Waals surface area (Å²) in [5.74, 6) is 0.740. The first-order valence-corrected chi connectivity index (χ1v) is 7.42. The van der Waals surface area contributed by atoms with Gasteiger partial charge in [-0.2, -0.15) is 0 Å². The van der Waals surface area contributed by atoms with E-state index in [0.29, 0.717) is 6.04 Å². The molecule has 104 valence electrons. The highest BCUT2D eigenvalue weighted by molar-refractivity contribution is 5.26. The molecule has 0 radical (unpaired) electrons. The molecule has 0 unspecified atom stereocenters. The molecule has 2 aromatic rings. The van der Waals surface area contributed by atoms with Gasteiger partial charge in [0.2, 0.25) is 0 Å². The first-order chi connectivity index (χ1) is 9.70. The summed E-state index contributed by atoms with van der Waals surface area (Å²) in [5.41, 5.74) is 5.19. The minimum atomic E-state index is 0.655. The van der Waals surface area contributed by atoms with Gasteiger partial charge in [0, 0.05) is 24.5 Å². The Balaban J connectivity index is 1.46. The van der Waals surface area contributed by atoms with E-state index < -0.39 is 0 Å². The van der Waals surface area contributed by atoms with Crippen LogP contribution < -0.4 is 5.32 Å². The zero-order valence-corrected chi connectivity index (χ0v) is 12.3. The quantitative estimate of drug-likeness (QED) is 0.912. The Bertz CT molecular complexity index is 548. The van der Waals surface area contributed by atoms with E-state index in [0.717, 1.165) is 18.2 Å². The van der Waals surface area contributed by atoms with Crippen LogP contribution in [0, 0.1) is 13.8 Å². The Kier molecular flexibility index (Phi) is 3.83. The predicted molar refractivity (Wildman–Crippen MR) is 82.8 cm³/mol. The van der Waals surface area contributed by atoms with Crippen molar-refractivity contribution in [1.82, 2.24) is 10.3 Å². The van der Waals surface area contributed by atoms with Crippen molar-refractivity contribution in [1.29, 1.82) is 0 Å². The fourth-order valence-corrected chi connectivity index (χ4v) is 2.76. The third-order valence-electron chi connectivity index (χ3n) is 4.25. The molecular formula is C18H22N2. The summed E-state index contributed by atoms with van der Waals surface area (Å²) in [6, 6.07) is 13.9. The van der Waals surface area contributed by atoms with Gasteiger partial charge in [-0.25, -0.2) is 0 Å². The summed E-state index contributed by atoms with van der Waals surface area (Å²) in [7, 11) is 0. The SMILES string of the molecule is Cc1ccc(C2CC(NCc3ccc(C)nc3)C2)cc1. The van der Waals surface area contributed by atoms with E-state index in [4.69, 9.17) is 0 Å². The molecule has 20 heavy (non-hydrogen) atoms. The Morgan fingerprint density at radius 1 is 1.05 bits per heavy atom. The number of benzene rings is 1. The van der Waals surface area contributed by atoms with Gasteiger partial charge < -0.3 is 5.32 Å². The van der Waals surface area contributed by atoms with E-state index in [-0.39, 0.29) is 0 Å². The molecule has 1 aliphatic carbocycles. The largest absolute Gasteiger partial charge is 0.310 e. The molecule has 1 N–H and O–H groups in total. The van der Waals surface area contributed by atoms with Crippen LogP contribution in [-0.2, 0) is 6.54 Å². The summed E-state index contributed by atoms with van der Waals surface area (Å²) in [6.45, 7) is 5.10. The highest BCUT2D eigenvalue weighted by atomic mass is 14.9. The Morgan fingerprint density at radius 3 is 2.45 bits per heavy atom. The molecule has 3 rings (SSSR count). The lowest BCUT2D eigenvalue weighted by atomic mass is 9.75. The predicted octanol–water partition coefficient (Wildman–Crippen LogP) is 3.73. The minimum Gasteiger partial charge on any atom is -0.310 e. The fourth-order valence-electron chi connectivity index (χ4n) is 2.76. The molecule has 1 fully saturated rings. The first kappa shape index (κ1) is 13.3. The van der Waals surface area contributed by atoms with Crippen molar-refractivity contribution >= 4 is 0 Å². The van der Waals surface area contributed by atoms with Gasteiger partial charge in [0.05, 0.1) is 0 Å². The van der Waals surface area contributed by atoms with Gasteiger partial charge in [0.15, 0.2) is 0 Å². The number of nitrogens with one attached hydrogen (secondary N) is 1. The van der Waals surface area contributed by atoms with Crippen LogP contribution in [0.25, 0.3) is 0 Å². The maximum Gasteiger partial charge on any atom is 0.0372 e. The lowest BCUT2D eigenvalue weighted by Gasteiger charge is -2.36. The highest BCUT2D eigenvalue weighted by Gasteiger charge is 2.29. The molecule has 1 saturated carbocycles. The van der Waals surface area contributed by atoms with Gasteiger partial charge in [-0.05, 0) is 49.8 Å². The number of hydrogen-bond donors (Lipinski definition) is 1. The number of rotatable bonds is 4. The van der Waals surface area contributed by atoms with E-state index in [2.05, 4.69) is 53.6 Å². The molecule has 1 heterocycles. The maximum atomic E-state index is 4.33. The van der Waals surface area contributed by atoms with Crippen LogP contribution in [0.2, 0.25) is 0 Å². The molecule has 0 amide bonds. The molecule has 0 bridgehead atoms. The average molecular weight is 266 g/mol. The summed E-state index contributed by atoms with van der Waals surface area (Å²) in [4.78, 5) is 4.33. The Morgan fingerprint density at radius 2 is 1.80 bits per heavy atom. The van der Waals surface area contributed by atoms with Gasteiger partial charge >= 0.3 is 0 Å². The first-order valence-electron chi connectivity index (χ1n) is 7.42. The second-order valence-corrected chi connectivity index (χ2v) is 5.96. The Hall–Kier alpha value is -1.67. The van der Waals surface area contributed by atoms with Crippen LogP contribution in [-0.4, -0.2) is 11.0 Å². The zero-order valence-electron chi connectivity index (χ0n) is 12.3. The molecular weight excluding hydrogens is 244 g/mol. The van der Waals surface area contributed by atoms with E-state index >= 15 is 0 Å². The molecule has 1 aromatic heterocycles. The van der Waals surface area contributed by atoms with Crippen molar-refractivity contribution < 1.29 is 0 Å². The molecule has 2 heteroatoms. The standard InChI is InChI=1S/C18H22N2/c1-13-3-7-16(8-4-13)17-9-18(10-17)20-12-15-6-5-14(2)19-11-15/h3-8,11,17-18,20H,9-10,12H2,1-2H3. The number of hydrogen-bond acceptors (Lipinski definition) is 2. The monoisotopic (exact) mass is 266 g/mol. The molecule has 0 spiro atoms. The van der Waals surface area contributed by atoms with Crippen LogP contribution in [0.3, 0.4) is 0 Å². The maximum absolute atomic E-state index is 4.33. The van der Waals surface area contributed by atoms with Crippen LogP contribution in [0.4, 0.5) is 0 Å². The number of nitrogens with zero attached hydrogens (tertiary/aromatic N) is 1. The topological polar surface area (TPSA) is 24.9 Å². The average Bonchev–Trinajstić information content (AvgIpc) is 2.41. The molecule has 2 nitrogen and oxygen atoms in total. The molecule has 0 atom stereocenters. The lowest BCUT2D eigenvalue weighted by Crippen LogP contribution is -2.39. The van der Waals surface area contributed by atoms with Crippen LogP contribution in [0.1, 0.15) is 41.1 Å². The van der Waals surface area contributed by atoms with Crippen molar-refractivity contribution in [3.05, 3.63) is 65.0 Å². The van der Waals surface area contributed by atoms with Gasteiger partial charge in [-0.3, -0.25) is 4.98 Å². The third-order valence-corrected chi connectivity index (χ3v) is 4.25. The van der Waals surface area contributed by atoms with Crippen LogP contribution >= 0.6 is 0 Å². The molecule has 1 aromatic carbocycles. The van der Waals surface area contributed by atoms with Crippen molar-refractivity contribution in [3.8, 4) is 0 Å². The minimum absolute atomic E-state index is 0.655. The second kappa shape index (κ2) is 5.76. The van der Waals surface area contributed by atoms with Gasteiger partial charge in [-0.1, -0.05) is 35.9 Å². The van der Waals surface area contributed by atoms with Crippen molar-refractivity contribution in [2.24, 2.45) is 0 Å². The third kappa shape index (κ3) is 3.07. The summed E-state index contributed by atoms with van der Waals surface area (Å²) in [6.07, 6.45) is 4.48. The van der Waals surface area contributed by atoms with Crippen LogP contribution in [0.5, 0.6) is 0 Å². The van der Waals surface area contributed by atoms with E-state index in [1.54, 1.807) is 0 Å².